The molecule has 7 heteroatoms. The second-order valence-corrected chi connectivity index (χ2v) is 3.93. The van der Waals surface area contributed by atoms with Gasteiger partial charge in [0, 0.05) is 13.6 Å². The van der Waals surface area contributed by atoms with E-state index in [4.69, 9.17) is 5.11 Å². The number of likely N-dealkylation sites (N-methyl/N-ethyl adjacent to an activating group) is 1. The Balaban J connectivity index is 4.49. The predicted molar refractivity (Wildman–Crippen MR) is 64.0 cm³/mol. The van der Waals surface area contributed by atoms with Crippen molar-refractivity contribution in [1.29, 1.82) is 0 Å². The summed E-state index contributed by atoms with van der Waals surface area (Å²) in [6.45, 7) is 5.69. The molecule has 1 atom stereocenters. The number of rotatable bonds is 6. The SMILES string of the molecule is C=C(C)CN(C)C(=O)N[C@@H](CC(=O)OC)C(=O)O. The van der Waals surface area contributed by atoms with Crippen LogP contribution in [0.2, 0.25) is 0 Å². The number of carbonyl (C=O) groups excluding carboxylic acids is 2. The van der Waals surface area contributed by atoms with E-state index in [1.54, 1.807) is 6.92 Å². The van der Waals surface area contributed by atoms with Gasteiger partial charge in [0.05, 0.1) is 13.5 Å². The Bertz CT molecular complexity index is 353. The van der Waals surface area contributed by atoms with Gasteiger partial charge in [0.15, 0.2) is 0 Å². The molecule has 0 aromatic carbocycles. The quantitative estimate of drug-likeness (QED) is 0.525. The van der Waals surface area contributed by atoms with E-state index in [0.717, 1.165) is 12.7 Å². The molecule has 0 radical (unpaired) electrons. The zero-order chi connectivity index (χ0) is 14.3. The number of urea groups is 1. The van der Waals surface area contributed by atoms with E-state index in [0.29, 0.717) is 6.54 Å². The van der Waals surface area contributed by atoms with Crippen LogP contribution in [0.1, 0.15) is 13.3 Å². The molecular weight excluding hydrogens is 240 g/mol. The molecule has 18 heavy (non-hydrogen) atoms. The van der Waals surface area contributed by atoms with Gasteiger partial charge < -0.3 is 20.1 Å². The molecule has 0 saturated heterocycles. The van der Waals surface area contributed by atoms with Crippen LogP contribution >= 0.6 is 0 Å². The van der Waals surface area contributed by atoms with E-state index in [1.807, 2.05) is 0 Å². The van der Waals surface area contributed by atoms with E-state index in [1.165, 1.54) is 11.9 Å². The number of hydrogen-bond donors (Lipinski definition) is 2. The van der Waals surface area contributed by atoms with Gasteiger partial charge in [0.25, 0.3) is 0 Å². The minimum atomic E-state index is -1.31. The first kappa shape index (κ1) is 16.0. The fourth-order valence-corrected chi connectivity index (χ4v) is 1.19. The standard InChI is InChI=1S/C11H18N2O5/c1-7(2)6-13(3)11(17)12-8(10(15)16)5-9(14)18-4/h8H,1,5-6H2,2-4H3,(H,12,17)(H,15,16)/t8-/m0/s1. The number of hydrogen-bond acceptors (Lipinski definition) is 4. The highest BCUT2D eigenvalue weighted by Gasteiger charge is 2.24. The van der Waals surface area contributed by atoms with Crippen LogP contribution in [0.5, 0.6) is 0 Å². The van der Waals surface area contributed by atoms with Gasteiger partial charge >= 0.3 is 18.0 Å². The summed E-state index contributed by atoms with van der Waals surface area (Å²) in [4.78, 5) is 34.8. The molecule has 0 aliphatic rings. The lowest BCUT2D eigenvalue weighted by Crippen LogP contribution is -2.48. The van der Waals surface area contributed by atoms with Crippen molar-refractivity contribution in [3.8, 4) is 0 Å². The lowest BCUT2D eigenvalue weighted by Gasteiger charge is -2.20. The van der Waals surface area contributed by atoms with Crippen molar-refractivity contribution >= 4 is 18.0 Å². The maximum Gasteiger partial charge on any atom is 0.326 e. The van der Waals surface area contributed by atoms with Crippen molar-refractivity contribution in [2.24, 2.45) is 0 Å². The molecule has 0 aliphatic carbocycles. The molecule has 0 spiro atoms. The molecule has 0 aliphatic heterocycles. The van der Waals surface area contributed by atoms with Crippen molar-refractivity contribution in [2.45, 2.75) is 19.4 Å². The monoisotopic (exact) mass is 258 g/mol. The molecule has 2 amide bonds. The lowest BCUT2D eigenvalue weighted by atomic mass is 10.2. The average molecular weight is 258 g/mol. The summed E-state index contributed by atoms with van der Waals surface area (Å²) in [5.41, 5.74) is 0.757. The smallest absolute Gasteiger partial charge is 0.326 e. The predicted octanol–water partition coefficient (Wildman–Crippen LogP) is 0.220. The largest absolute Gasteiger partial charge is 0.480 e. The third-order valence-electron chi connectivity index (χ3n) is 2.05. The molecule has 0 bridgehead atoms. The van der Waals surface area contributed by atoms with E-state index in [2.05, 4.69) is 16.6 Å². The molecule has 0 unspecified atom stereocenters. The normalized spacial score (nSPS) is 11.3. The number of ether oxygens (including phenoxy) is 1. The van der Waals surface area contributed by atoms with Crippen molar-refractivity contribution in [3.05, 3.63) is 12.2 Å². The molecule has 0 saturated carbocycles. The van der Waals surface area contributed by atoms with Gasteiger partial charge in [-0.05, 0) is 6.92 Å². The number of amides is 2. The molecule has 0 fully saturated rings. The topological polar surface area (TPSA) is 95.9 Å². The van der Waals surface area contributed by atoms with Crippen LogP contribution < -0.4 is 5.32 Å². The Hall–Kier alpha value is -2.05. The van der Waals surface area contributed by atoms with Gasteiger partial charge in [0.1, 0.15) is 6.04 Å². The molecule has 0 rings (SSSR count). The van der Waals surface area contributed by atoms with Crippen LogP contribution in [0.4, 0.5) is 4.79 Å². The molecule has 0 aromatic rings. The number of carbonyl (C=O) groups is 3. The summed E-state index contributed by atoms with van der Waals surface area (Å²) in [7, 11) is 2.65. The maximum atomic E-state index is 11.6. The summed E-state index contributed by atoms with van der Waals surface area (Å²) < 4.78 is 4.36. The number of nitrogens with one attached hydrogen (secondary N) is 1. The summed E-state index contributed by atoms with van der Waals surface area (Å²) in [6, 6.07) is -1.90. The van der Waals surface area contributed by atoms with Gasteiger partial charge in [0.2, 0.25) is 0 Å². The third kappa shape index (κ3) is 5.88. The van der Waals surface area contributed by atoms with Gasteiger partial charge in [-0.3, -0.25) is 4.79 Å². The first-order valence-corrected chi connectivity index (χ1v) is 5.23. The summed E-state index contributed by atoms with van der Waals surface area (Å²) in [5.74, 6) is -2.00. The minimum Gasteiger partial charge on any atom is -0.480 e. The van der Waals surface area contributed by atoms with Crippen LogP contribution in [0.25, 0.3) is 0 Å². The van der Waals surface area contributed by atoms with Crippen molar-refractivity contribution in [2.75, 3.05) is 20.7 Å². The second kappa shape index (κ2) is 7.31. The Morgan fingerprint density at radius 2 is 2.00 bits per heavy atom. The molecule has 0 aromatic heterocycles. The van der Waals surface area contributed by atoms with Crippen LogP contribution in [-0.2, 0) is 14.3 Å². The first-order valence-electron chi connectivity index (χ1n) is 5.23. The Labute approximate surface area is 105 Å². The maximum absolute atomic E-state index is 11.6. The van der Waals surface area contributed by atoms with Gasteiger partial charge in [-0.15, -0.1) is 0 Å². The summed E-state index contributed by atoms with van der Waals surface area (Å²) in [5, 5.41) is 11.1. The Morgan fingerprint density at radius 1 is 1.44 bits per heavy atom. The lowest BCUT2D eigenvalue weighted by molar-refractivity contribution is -0.147. The van der Waals surface area contributed by atoms with Crippen LogP contribution in [0.15, 0.2) is 12.2 Å². The zero-order valence-electron chi connectivity index (χ0n) is 10.7. The second-order valence-electron chi connectivity index (χ2n) is 3.93. The highest BCUT2D eigenvalue weighted by Crippen LogP contribution is 1.98. The highest BCUT2D eigenvalue weighted by molar-refractivity contribution is 5.86. The molecule has 2 N–H and O–H groups in total. The van der Waals surface area contributed by atoms with Crippen LogP contribution in [0.3, 0.4) is 0 Å². The number of nitrogens with zero attached hydrogens (tertiary/aromatic N) is 1. The Morgan fingerprint density at radius 3 is 2.39 bits per heavy atom. The molecular formula is C11H18N2O5. The van der Waals surface area contributed by atoms with Crippen LogP contribution in [0, 0.1) is 0 Å². The average Bonchev–Trinajstić information content (AvgIpc) is 2.26. The molecule has 0 heterocycles. The van der Waals surface area contributed by atoms with Crippen molar-refractivity contribution < 1.29 is 24.2 Å². The van der Waals surface area contributed by atoms with Gasteiger partial charge in [-0.2, -0.15) is 0 Å². The number of carboxylic acid groups (broad SMARTS) is 1. The molecule has 7 nitrogen and oxygen atoms in total. The fraction of sp³-hybridized carbons (Fsp3) is 0.545. The molecule has 102 valence electrons. The van der Waals surface area contributed by atoms with E-state index < -0.39 is 30.4 Å². The number of aliphatic carboxylic acids is 1. The Kier molecular flexibility index (Phi) is 6.48. The van der Waals surface area contributed by atoms with Crippen LogP contribution in [-0.4, -0.2) is 54.7 Å². The minimum absolute atomic E-state index is 0.302. The van der Waals surface area contributed by atoms with Crippen molar-refractivity contribution in [3.63, 3.8) is 0 Å². The van der Waals surface area contributed by atoms with Gasteiger partial charge in [-0.25, -0.2) is 9.59 Å². The third-order valence-corrected chi connectivity index (χ3v) is 2.05. The summed E-state index contributed by atoms with van der Waals surface area (Å²) >= 11 is 0. The number of methoxy groups -OCH3 is 1. The first-order chi connectivity index (χ1) is 8.27. The summed E-state index contributed by atoms with van der Waals surface area (Å²) in [6.07, 6.45) is -0.418. The number of esters is 1. The van der Waals surface area contributed by atoms with Gasteiger partial charge in [-0.1, -0.05) is 12.2 Å². The van der Waals surface area contributed by atoms with E-state index in [-0.39, 0.29) is 0 Å². The van der Waals surface area contributed by atoms with E-state index in [9.17, 15) is 14.4 Å². The van der Waals surface area contributed by atoms with Crippen molar-refractivity contribution in [1.82, 2.24) is 10.2 Å². The fourth-order valence-electron chi connectivity index (χ4n) is 1.19. The highest BCUT2D eigenvalue weighted by atomic mass is 16.5. The zero-order valence-corrected chi connectivity index (χ0v) is 10.7. The van der Waals surface area contributed by atoms with E-state index >= 15 is 0 Å². The number of carboxylic acids is 1.